The Labute approximate surface area is 147 Å². The van der Waals surface area contributed by atoms with Crippen LogP contribution in [0.15, 0.2) is 48.5 Å². The molecule has 1 aliphatic rings. The van der Waals surface area contributed by atoms with E-state index < -0.39 is 11.5 Å². The summed E-state index contributed by atoms with van der Waals surface area (Å²) >= 11 is 0. The Bertz CT molecular complexity index is 786. The van der Waals surface area contributed by atoms with Crippen molar-refractivity contribution in [3.05, 3.63) is 59.7 Å². The van der Waals surface area contributed by atoms with Gasteiger partial charge in [-0.3, -0.25) is 10.1 Å². The highest BCUT2D eigenvalue weighted by atomic mass is 16.5. The van der Waals surface area contributed by atoms with E-state index >= 15 is 0 Å². The fourth-order valence-electron chi connectivity index (χ4n) is 3.35. The summed E-state index contributed by atoms with van der Waals surface area (Å²) in [5, 5.41) is 5.59. The third-order valence-electron chi connectivity index (χ3n) is 4.81. The van der Waals surface area contributed by atoms with Gasteiger partial charge in [-0.05, 0) is 61.6 Å². The molecular weight excluding hydrogens is 316 g/mol. The Morgan fingerprint density at radius 3 is 2.32 bits per heavy atom. The Morgan fingerprint density at radius 2 is 1.64 bits per heavy atom. The molecular formula is C20H22N2O3. The van der Waals surface area contributed by atoms with E-state index in [2.05, 4.69) is 27.5 Å². The molecule has 0 radical (unpaired) electrons. The van der Waals surface area contributed by atoms with Gasteiger partial charge in [0.2, 0.25) is 5.91 Å². The van der Waals surface area contributed by atoms with Gasteiger partial charge in [0.1, 0.15) is 0 Å². The van der Waals surface area contributed by atoms with Crippen LogP contribution in [0, 0.1) is 0 Å². The zero-order valence-electron chi connectivity index (χ0n) is 14.5. The van der Waals surface area contributed by atoms with Crippen molar-refractivity contribution in [3.63, 3.8) is 0 Å². The highest BCUT2D eigenvalue weighted by Gasteiger charge is 2.38. The van der Waals surface area contributed by atoms with E-state index in [-0.39, 0.29) is 5.91 Å². The minimum Gasteiger partial charge on any atom is -0.453 e. The fourth-order valence-corrected chi connectivity index (χ4v) is 3.35. The van der Waals surface area contributed by atoms with Crippen LogP contribution in [-0.2, 0) is 21.4 Å². The van der Waals surface area contributed by atoms with Crippen LogP contribution in [0.4, 0.5) is 16.2 Å². The summed E-state index contributed by atoms with van der Waals surface area (Å²) in [5.41, 5.74) is 3.15. The largest absolute Gasteiger partial charge is 0.453 e. The number of carbonyl (C=O) groups is 2. The number of anilines is 2. The molecule has 0 aromatic heterocycles. The second kappa shape index (κ2) is 6.97. The van der Waals surface area contributed by atoms with Crippen molar-refractivity contribution in [1.82, 2.24) is 0 Å². The van der Waals surface area contributed by atoms with Gasteiger partial charge in [-0.1, -0.05) is 24.3 Å². The highest BCUT2D eigenvalue weighted by Crippen LogP contribution is 2.38. The van der Waals surface area contributed by atoms with E-state index in [9.17, 15) is 9.59 Å². The Balaban J connectivity index is 1.75. The van der Waals surface area contributed by atoms with Gasteiger partial charge >= 0.3 is 6.09 Å². The molecule has 0 saturated heterocycles. The average Bonchev–Trinajstić information content (AvgIpc) is 2.63. The first-order chi connectivity index (χ1) is 12.0. The second-order valence-electron chi connectivity index (χ2n) is 6.49. The van der Waals surface area contributed by atoms with Crippen molar-refractivity contribution in [2.45, 2.75) is 31.6 Å². The number of carbonyl (C=O) groups excluding carboxylic acids is 2. The number of hydrogen-bond donors (Lipinski definition) is 2. The summed E-state index contributed by atoms with van der Waals surface area (Å²) < 4.78 is 4.55. The third kappa shape index (κ3) is 3.50. The predicted molar refractivity (Wildman–Crippen MR) is 97.8 cm³/mol. The van der Waals surface area contributed by atoms with Gasteiger partial charge in [-0.25, -0.2) is 4.79 Å². The molecule has 5 heteroatoms. The van der Waals surface area contributed by atoms with Crippen molar-refractivity contribution in [1.29, 1.82) is 0 Å². The molecule has 2 amide bonds. The SMILES string of the molecule is COC(=O)Nc1ccc(NC(=O)[C@]2(C)CCCc3ccccc32)cc1. The molecule has 3 rings (SSSR count). The van der Waals surface area contributed by atoms with Gasteiger partial charge in [0.25, 0.3) is 0 Å². The van der Waals surface area contributed by atoms with Crippen LogP contribution in [0.3, 0.4) is 0 Å². The Morgan fingerprint density at radius 1 is 1.00 bits per heavy atom. The topological polar surface area (TPSA) is 67.4 Å². The number of hydrogen-bond acceptors (Lipinski definition) is 3. The molecule has 0 unspecified atom stereocenters. The van der Waals surface area contributed by atoms with Gasteiger partial charge in [0, 0.05) is 11.4 Å². The van der Waals surface area contributed by atoms with Crippen molar-refractivity contribution in [2.75, 3.05) is 17.7 Å². The molecule has 2 aromatic carbocycles. The zero-order valence-corrected chi connectivity index (χ0v) is 14.5. The summed E-state index contributed by atoms with van der Waals surface area (Å²) in [4.78, 5) is 24.2. The molecule has 0 saturated carbocycles. The first kappa shape index (κ1) is 17.0. The van der Waals surface area contributed by atoms with Crippen LogP contribution >= 0.6 is 0 Å². The molecule has 0 aliphatic heterocycles. The quantitative estimate of drug-likeness (QED) is 0.885. The lowest BCUT2D eigenvalue weighted by atomic mass is 9.70. The minimum atomic E-state index is -0.530. The Kier molecular flexibility index (Phi) is 4.74. The monoisotopic (exact) mass is 338 g/mol. The summed E-state index contributed by atoms with van der Waals surface area (Å²) in [5.74, 6) is -0.00618. The van der Waals surface area contributed by atoms with E-state index in [0.717, 1.165) is 24.8 Å². The van der Waals surface area contributed by atoms with Crippen LogP contribution in [-0.4, -0.2) is 19.1 Å². The van der Waals surface area contributed by atoms with Crippen LogP contribution in [0.2, 0.25) is 0 Å². The first-order valence-electron chi connectivity index (χ1n) is 8.38. The number of amides is 2. The smallest absolute Gasteiger partial charge is 0.411 e. The normalized spacial score (nSPS) is 18.8. The molecule has 0 spiro atoms. The van der Waals surface area contributed by atoms with Crippen molar-refractivity contribution in [3.8, 4) is 0 Å². The number of benzene rings is 2. The maximum atomic E-state index is 13.0. The van der Waals surface area contributed by atoms with Gasteiger partial charge in [-0.2, -0.15) is 0 Å². The predicted octanol–water partition coefficient (Wildman–Crippen LogP) is 4.10. The first-order valence-corrected chi connectivity index (χ1v) is 8.38. The number of rotatable bonds is 3. The molecule has 25 heavy (non-hydrogen) atoms. The highest BCUT2D eigenvalue weighted by molar-refractivity contribution is 5.99. The summed E-state index contributed by atoms with van der Waals surface area (Å²) in [6.45, 7) is 2.01. The van der Waals surface area contributed by atoms with Gasteiger partial charge in [0.05, 0.1) is 12.5 Å². The Hall–Kier alpha value is -2.82. The van der Waals surface area contributed by atoms with Gasteiger partial charge in [-0.15, -0.1) is 0 Å². The minimum absolute atomic E-state index is 0.00618. The molecule has 0 heterocycles. The van der Waals surface area contributed by atoms with Crippen molar-refractivity contribution in [2.24, 2.45) is 0 Å². The van der Waals surface area contributed by atoms with Crippen LogP contribution in [0.5, 0.6) is 0 Å². The molecule has 0 bridgehead atoms. The lowest BCUT2D eigenvalue weighted by molar-refractivity contribution is -0.121. The lowest BCUT2D eigenvalue weighted by Gasteiger charge is -2.34. The van der Waals surface area contributed by atoms with E-state index in [1.54, 1.807) is 24.3 Å². The average molecular weight is 338 g/mol. The summed E-state index contributed by atoms with van der Waals surface area (Å²) in [6, 6.07) is 15.2. The van der Waals surface area contributed by atoms with E-state index in [1.807, 2.05) is 19.1 Å². The standard InChI is InChI=1S/C20H22N2O3/c1-20(13-5-7-14-6-3-4-8-17(14)20)18(23)21-15-9-11-16(12-10-15)22-19(24)25-2/h3-4,6,8-12H,5,7,13H2,1-2H3,(H,21,23)(H,22,24)/t20-/m1/s1. The number of aryl methyl sites for hydroxylation is 1. The molecule has 5 nitrogen and oxygen atoms in total. The van der Waals surface area contributed by atoms with E-state index in [1.165, 1.54) is 12.7 Å². The lowest BCUT2D eigenvalue weighted by Crippen LogP contribution is -2.40. The van der Waals surface area contributed by atoms with Crippen LogP contribution < -0.4 is 10.6 Å². The number of ether oxygens (including phenoxy) is 1. The fraction of sp³-hybridized carbons (Fsp3) is 0.300. The number of methoxy groups -OCH3 is 1. The summed E-state index contributed by atoms with van der Waals surface area (Å²) in [7, 11) is 1.31. The molecule has 1 atom stereocenters. The zero-order chi connectivity index (χ0) is 17.9. The van der Waals surface area contributed by atoms with Gasteiger partial charge in [0.15, 0.2) is 0 Å². The van der Waals surface area contributed by atoms with E-state index in [4.69, 9.17) is 0 Å². The van der Waals surface area contributed by atoms with Crippen LogP contribution in [0.1, 0.15) is 30.9 Å². The van der Waals surface area contributed by atoms with Crippen molar-refractivity contribution >= 4 is 23.4 Å². The maximum Gasteiger partial charge on any atom is 0.411 e. The van der Waals surface area contributed by atoms with Crippen LogP contribution in [0.25, 0.3) is 0 Å². The number of nitrogens with one attached hydrogen (secondary N) is 2. The van der Waals surface area contributed by atoms with Gasteiger partial charge < -0.3 is 10.1 Å². The molecule has 2 N–H and O–H groups in total. The second-order valence-corrected chi connectivity index (χ2v) is 6.49. The summed E-state index contributed by atoms with van der Waals surface area (Å²) in [6.07, 6.45) is 2.33. The van der Waals surface area contributed by atoms with E-state index in [0.29, 0.717) is 11.4 Å². The number of fused-ring (bicyclic) bond motifs is 1. The third-order valence-corrected chi connectivity index (χ3v) is 4.81. The maximum absolute atomic E-state index is 13.0. The molecule has 0 fully saturated rings. The molecule has 2 aromatic rings. The molecule has 130 valence electrons. The van der Waals surface area contributed by atoms with Crippen molar-refractivity contribution < 1.29 is 14.3 Å². The molecule has 1 aliphatic carbocycles.